The first-order valence-corrected chi connectivity index (χ1v) is 9.70. The van der Waals surface area contributed by atoms with E-state index in [0.29, 0.717) is 5.92 Å². The van der Waals surface area contributed by atoms with Crippen LogP contribution in [0.1, 0.15) is 17.7 Å². The third-order valence-corrected chi connectivity index (χ3v) is 5.41. The Hall–Kier alpha value is -2.95. The van der Waals surface area contributed by atoms with Crippen molar-refractivity contribution in [1.82, 2.24) is 14.5 Å². The molecule has 0 N–H and O–H groups in total. The van der Waals surface area contributed by atoms with E-state index >= 15 is 0 Å². The summed E-state index contributed by atoms with van der Waals surface area (Å²) < 4.78 is 15.6. The summed E-state index contributed by atoms with van der Waals surface area (Å²) in [5.41, 5.74) is 2.96. The predicted molar refractivity (Wildman–Crippen MR) is 107 cm³/mol. The number of aryl methyl sites for hydroxylation is 1. The minimum Gasteiger partial charge on any atom is -0.342 e. The average molecular weight is 377 g/mol. The van der Waals surface area contributed by atoms with E-state index in [1.54, 1.807) is 12.1 Å². The number of halogens is 1. The van der Waals surface area contributed by atoms with Crippen LogP contribution in [0.5, 0.6) is 0 Å². The molecule has 1 aliphatic heterocycles. The van der Waals surface area contributed by atoms with Crippen molar-refractivity contribution < 1.29 is 9.18 Å². The molecule has 1 aromatic heterocycles. The van der Waals surface area contributed by atoms with Gasteiger partial charge in [-0.1, -0.05) is 42.5 Å². The van der Waals surface area contributed by atoms with Gasteiger partial charge in [0.1, 0.15) is 11.6 Å². The fraction of sp³-hybridized carbons (Fsp3) is 0.304. The maximum Gasteiger partial charge on any atom is 0.227 e. The molecule has 0 spiro atoms. The van der Waals surface area contributed by atoms with Gasteiger partial charge in [-0.15, -0.1) is 0 Å². The Balaban J connectivity index is 1.42. The third kappa shape index (κ3) is 3.98. The number of rotatable bonds is 5. The van der Waals surface area contributed by atoms with Crippen molar-refractivity contribution in [3.8, 4) is 11.4 Å². The monoisotopic (exact) mass is 377 g/mol. The number of carbonyl (C=O) groups is 1. The van der Waals surface area contributed by atoms with E-state index in [9.17, 15) is 9.18 Å². The van der Waals surface area contributed by atoms with Crippen LogP contribution in [-0.4, -0.2) is 33.4 Å². The second-order valence-corrected chi connectivity index (χ2v) is 7.50. The Bertz CT molecular complexity index is 967. The summed E-state index contributed by atoms with van der Waals surface area (Å²) >= 11 is 0. The highest BCUT2D eigenvalue weighted by Crippen LogP contribution is 2.25. The van der Waals surface area contributed by atoms with E-state index in [1.807, 2.05) is 29.3 Å². The number of hydrogen-bond donors (Lipinski definition) is 0. The molecule has 2 aromatic carbocycles. The van der Waals surface area contributed by atoms with E-state index in [0.717, 1.165) is 48.7 Å². The molecule has 4 nitrogen and oxygen atoms in total. The Kier molecular flexibility index (Phi) is 5.24. The molecule has 28 heavy (non-hydrogen) atoms. The summed E-state index contributed by atoms with van der Waals surface area (Å²) in [6, 6.07) is 16.5. The number of amides is 1. The van der Waals surface area contributed by atoms with Crippen LogP contribution in [0.15, 0.2) is 60.8 Å². The van der Waals surface area contributed by atoms with Crippen LogP contribution in [-0.2, 0) is 17.8 Å². The molecule has 1 saturated heterocycles. The van der Waals surface area contributed by atoms with Crippen molar-refractivity contribution in [3.05, 3.63) is 77.9 Å². The maximum atomic E-state index is 13.4. The summed E-state index contributed by atoms with van der Waals surface area (Å²) in [7, 11) is 0. The van der Waals surface area contributed by atoms with Gasteiger partial charge in [0.15, 0.2) is 0 Å². The van der Waals surface area contributed by atoms with Crippen molar-refractivity contribution in [3.63, 3.8) is 0 Å². The van der Waals surface area contributed by atoms with Crippen molar-refractivity contribution in [2.24, 2.45) is 5.92 Å². The van der Waals surface area contributed by atoms with Gasteiger partial charge in [0, 0.05) is 37.1 Å². The molecule has 0 radical (unpaired) electrons. The molecule has 2 heterocycles. The quantitative estimate of drug-likeness (QED) is 0.672. The lowest BCUT2D eigenvalue weighted by Gasteiger charge is -2.18. The molecule has 1 unspecified atom stereocenters. The van der Waals surface area contributed by atoms with Gasteiger partial charge in [0.2, 0.25) is 5.91 Å². The smallest absolute Gasteiger partial charge is 0.227 e. The molecular formula is C23H24FN3O. The third-order valence-electron chi connectivity index (χ3n) is 5.41. The molecule has 0 saturated carbocycles. The summed E-state index contributed by atoms with van der Waals surface area (Å²) in [6.45, 7) is 4.41. The Morgan fingerprint density at radius 1 is 1.18 bits per heavy atom. The highest BCUT2D eigenvalue weighted by Gasteiger charge is 2.27. The number of nitrogens with zero attached hydrogens (tertiary/aromatic N) is 3. The van der Waals surface area contributed by atoms with E-state index in [1.165, 1.54) is 12.1 Å². The number of likely N-dealkylation sites (tertiary alicyclic amines) is 1. The largest absolute Gasteiger partial charge is 0.342 e. The van der Waals surface area contributed by atoms with Crippen LogP contribution >= 0.6 is 0 Å². The maximum absolute atomic E-state index is 13.4. The normalized spacial score (nSPS) is 16.5. The van der Waals surface area contributed by atoms with Gasteiger partial charge < -0.3 is 9.47 Å². The van der Waals surface area contributed by atoms with Gasteiger partial charge in [-0.3, -0.25) is 4.79 Å². The fourth-order valence-electron chi connectivity index (χ4n) is 3.91. The van der Waals surface area contributed by atoms with E-state index in [-0.39, 0.29) is 18.1 Å². The Labute approximate surface area is 164 Å². The van der Waals surface area contributed by atoms with Gasteiger partial charge in [0.05, 0.1) is 6.42 Å². The van der Waals surface area contributed by atoms with Crippen molar-refractivity contribution in [1.29, 1.82) is 0 Å². The molecule has 1 amide bonds. The molecule has 1 atom stereocenters. The molecule has 144 valence electrons. The second kappa shape index (κ2) is 7.97. The van der Waals surface area contributed by atoms with Crippen molar-refractivity contribution >= 4 is 5.91 Å². The summed E-state index contributed by atoms with van der Waals surface area (Å²) in [4.78, 5) is 19.1. The number of aromatic nitrogens is 2. The standard InChI is InChI=1S/C23H24FN3O/c1-17-14-25-23(20-7-3-2-4-8-20)27(17)16-19-10-11-26(15-19)22(28)13-18-6-5-9-21(24)12-18/h2-9,12,14,19H,10-11,13,15-16H2,1H3. The number of carbonyl (C=O) groups excluding carboxylic acids is 1. The minimum absolute atomic E-state index is 0.0683. The van der Waals surface area contributed by atoms with Crippen LogP contribution in [0, 0.1) is 18.7 Å². The highest BCUT2D eigenvalue weighted by atomic mass is 19.1. The molecule has 1 aliphatic rings. The van der Waals surface area contributed by atoms with E-state index in [2.05, 4.69) is 28.6 Å². The zero-order chi connectivity index (χ0) is 19.5. The molecule has 3 aromatic rings. The van der Waals surface area contributed by atoms with Crippen molar-refractivity contribution in [2.75, 3.05) is 13.1 Å². The molecule has 4 rings (SSSR count). The van der Waals surface area contributed by atoms with Gasteiger partial charge in [-0.2, -0.15) is 0 Å². The summed E-state index contributed by atoms with van der Waals surface area (Å²) in [5.74, 6) is 1.14. The lowest BCUT2D eigenvalue weighted by molar-refractivity contribution is -0.129. The lowest BCUT2D eigenvalue weighted by Crippen LogP contribution is -2.30. The van der Waals surface area contributed by atoms with E-state index < -0.39 is 0 Å². The molecular weight excluding hydrogens is 353 g/mol. The van der Waals surface area contributed by atoms with Gasteiger partial charge in [-0.05, 0) is 37.0 Å². The zero-order valence-corrected chi connectivity index (χ0v) is 16.0. The summed E-state index contributed by atoms with van der Waals surface area (Å²) in [6.07, 6.45) is 3.13. The highest BCUT2D eigenvalue weighted by molar-refractivity contribution is 5.79. The first-order valence-electron chi connectivity index (χ1n) is 9.70. The first kappa shape index (κ1) is 18.4. The van der Waals surface area contributed by atoms with Crippen LogP contribution in [0.2, 0.25) is 0 Å². The number of benzene rings is 2. The van der Waals surface area contributed by atoms with Gasteiger partial charge in [-0.25, -0.2) is 9.37 Å². The predicted octanol–water partition coefficient (Wildman–Crippen LogP) is 4.09. The zero-order valence-electron chi connectivity index (χ0n) is 16.0. The van der Waals surface area contributed by atoms with Crippen molar-refractivity contribution in [2.45, 2.75) is 26.3 Å². The molecule has 0 bridgehead atoms. The first-order chi connectivity index (χ1) is 13.6. The second-order valence-electron chi connectivity index (χ2n) is 7.50. The minimum atomic E-state index is -0.298. The SMILES string of the molecule is Cc1cnc(-c2ccccc2)n1CC1CCN(C(=O)Cc2cccc(F)c2)C1. The van der Waals surface area contributed by atoms with Crippen LogP contribution in [0.4, 0.5) is 4.39 Å². The topological polar surface area (TPSA) is 38.1 Å². The van der Waals surface area contributed by atoms with Crippen LogP contribution in [0.3, 0.4) is 0 Å². The number of imidazole rings is 1. The summed E-state index contributed by atoms with van der Waals surface area (Å²) in [5, 5.41) is 0. The van der Waals surface area contributed by atoms with Crippen LogP contribution in [0.25, 0.3) is 11.4 Å². The lowest BCUT2D eigenvalue weighted by atomic mass is 10.1. The van der Waals surface area contributed by atoms with Crippen LogP contribution < -0.4 is 0 Å². The van der Waals surface area contributed by atoms with E-state index in [4.69, 9.17) is 0 Å². The van der Waals surface area contributed by atoms with Gasteiger partial charge >= 0.3 is 0 Å². The fourth-order valence-corrected chi connectivity index (χ4v) is 3.91. The molecule has 0 aliphatic carbocycles. The average Bonchev–Trinajstić information content (AvgIpc) is 3.30. The number of hydrogen-bond acceptors (Lipinski definition) is 2. The Morgan fingerprint density at radius 2 is 2.00 bits per heavy atom. The Morgan fingerprint density at radius 3 is 2.79 bits per heavy atom. The van der Waals surface area contributed by atoms with Gasteiger partial charge in [0.25, 0.3) is 0 Å². The molecule has 1 fully saturated rings. The molecule has 5 heteroatoms.